The molecule has 0 aliphatic rings. The van der Waals surface area contributed by atoms with Crippen molar-refractivity contribution in [1.29, 1.82) is 0 Å². The minimum Gasteiger partial charge on any atom is -0.505 e. The lowest BCUT2D eigenvalue weighted by Gasteiger charge is -2.10. The largest absolute Gasteiger partial charge is 0.505 e. The number of hydrogen-bond donors (Lipinski definition) is 2. The lowest BCUT2D eigenvalue weighted by molar-refractivity contribution is 0.479. The Kier molecular flexibility index (Phi) is 2.68. The van der Waals surface area contributed by atoms with Gasteiger partial charge in [-0.25, -0.2) is 4.39 Å². The molecule has 0 saturated carbocycles. The second-order valence-electron chi connectivity index (χ2n) is 3.93. The molecule has 0 aliphatic carbocycles. The van der Waals surface area contributed by atoms with Crippen LogP contribution in [0.25, 0.3) is 10.8 Å². The Balaban J connectivity index is 2.13. The van der Waals surface area contributed by atoms with Gasteiger partial charge in [0, 0.05) is 11.5 Å². The first-order valence-electron chi connectivity index (χ1n) is 5.57. The fraction of sp³-hybridized carbons (Fsp3) is 0. The maximum Gasteiger partial charge on any atom is 0.156 e. The normalized spacial score (nSPS) is 10.6. The molecule has 0 fully saturated rings. The van der Waals surface area contributed by atoms with Crippen LogP contribution in [-0.4, -0.2) is 20.5 Å². The van der Waals surface area contributed by atoms with E-state index in [0.29, 0.717) is 16.6 Å². The highest BCUT2D eigenvalue weighted by Gasteiger charge is 2.13. The summed E-state index contributed by atoms with van der Waals surface area (Å²) in [6, 6.07) is 9.88. The minimum atomic E-state index is -0.560. The Bertz CT molecular complexity index is 733. The molecule has 3 aromatic rings. The number of phenolic OH excluding ortho intramolecular Hbond substituents is 1. The van der Waals surface area contributed by atoms with E-state index in [1.165, 1.54) is 18.3 Å². The third-order valence-corrected chi connectivity index (χ3v) is 2.73. The monoisotopic (exact) mass is 256 g/mol. The summed E-state index contributed by atoms with van der Waals surface area (Å²) < 4.78 is 14.0. The molecule has 1 aromatic heterocycles. The number of aromatic nitrogens is 3. The molecule has 1 heterocycles. The SMILES string of the molecule is Oc1c(Nc2ccnnn2)c(F)cc2ccccc12. The van der Waals surface area contributed by atoms with Crippen LogP contribution in [-0.2, 0) is 0 Å². The number of anilines is 2. The Morgan fingerprint density at radius 2 is 2.00 bits per heavy atom. The van der Waals surface area contributed by atoms with Gasteiger partial charge in [-0.15, -0.1) is 10.2 Å². The number of halogens is 1. The van der Waals surface area contributed by atoms with E-state index in [-0.39, 0.29) is 11.4 Å². The van der Waals surface area contributed by atoms with E-state index in [0.717, 1.165) is 0 Å². The summed E-state index contributed by atoms with van der Waals surface area (Å²) in [5.41, 5.74) is -0.0285. The van der Waals surface area contributed by atoms with Crippen LogP contribution in [0.5, 0.6) is 5.75 Å². The number of hydrogen-bond acceptors (Lipinski definition) is 5. The van der Waals surface area contributed by atoms with Crippen LogP contribution < -0.4 is 5.32 Å². The summed E-state index contributed by atoms with van der Waals surface area (Å²) in [6.07, 6.45) is 1.42. The predicted molar refractivity (Wildman–Crippen MR) is 68.7 cm³/mol. The first-order chi connectivity index (χ1) is 9.25. The Hall–Kier alpha value is -2.76. The molecule has 0 radical (unpaired) electrons. The number of nitrogens with zero attached hydrogens (tertiary/aromatic N) is 3. The molecule has 0 unspecified atom stereocenters. The summed E-state index contributed by atoms with van der Waals surface area (Å²) in [4.78, 5) is 0. The van der Waals surface area contributed by atoms with E-state index in [2.05, 4.69) is 20.7 Å². The molecule has 94 valence electrons. The van der Waals surface area contributed by atoms with E-state index in [1.54, 1.807) is 24.3 Å². The van der Waals surface area contributed by atoms with Crippen LogP contribution in [0.4, 0.5) is 15.9 Å². The molecule has 0 amide bonds. The number of rotatable bonds is 2. The van der Waals surface area contributed by atoms with Crippen LogP contribution in [0.1, 0.15) is 0 Å². The molecular weight excluding hydrogens is 247 g/mol. The van der Waals surface area contributed by atoms with Crippen LogP contribution in [0.2, 0.25) is 0 Å². The predicted octanol–water partition coefficient (Wildman–Crippen LogP) is 2.61. The zero-order valence-electron chi connectivity index (χ0n) is 9.71. The topological polar surface area (TPSA) is 70.9 Å². The van der Waals surface area contributed by atoms with Gasteiger partial charge in [0.15, 0.2) is 11.6 Å². The van der Waals surface area contributed by atoms with Gasteiger partial charge in [-0.3, -0.25) is 0 Å². The highest BCUT2D eigenvalue weighted by molar-refractivity contribution is 5.94. The number of aromatic hydroxyl groups is 1. The summed E-state index contributed by atoms with van der Waals surface area (Å²) in [5, 5.41) is 24.7. The average Bonchev–Trinajstić information content (AvgIpc) is 2.45. The second kappa shape index (κ2) is 4.49. The molecule has 3 rings (SSSR count). The van der Waals surface area contributed by atoms with Crippen LogP contribution in [0.3, 0.4) is 0 Å². The third-order valence-electron chi connectivity index (χ3n) is 2.73. The maximum atomic E-state index is 14.0. The molecule has 6 heteroatoms. The van der Waals surface area contributed by atoms with Gasteiger partial charge in [-0.05, 0) is 16.7 Å². The van der Waals surface area contributed by atoms with Gasteiger partial charge in [-0.1, -0.05) is 24.3 Å². The van der Waals surface area contributed by atoms with Crippen molar-refractivity contribution in [1.82, 2.24) is 15.4 Å². The highest BCUT2D eigenvalue weighted by Crippen LogP contribution is 2.36. The molecule has 0 atom stereocenters. The van der Waals surface area contributed by atoms with Gasteiger partial charge in [0.2, 0.25) is 0 Å². The standard InChI is InChI=1S/C13H9FN4O/c14-10-7-8-3-1-2-4-9(8)13(19)12(10)16-11-5-6-15-18-17-11/h1-7,19H,(H,15,16,17). The molecule has 19 heavy (non-hydrogen) atoms. The summed E-state index contributed by atoms with van der Waals surface area (Å²) in [7, 11) is 0. The average molecular weight is 256 g/mol. The van der Waals surface area contributed by atoms with Crippen molar-refractivity contribution < 1.29 is 9.50 Å². The van der Waals surface area contributed by atoms with Crippen molar-refractivity contribution in [3.63, 3.8) is 0 Å². The molecular formula is C13H9FN4O. The Morgan fingerprint density at radius 1 is 1.16 bits per heavy atom. The quantitative estimate of drug-likeness (QED) is 0.690. The van der Waals surface area contributed by atoms with Crippen molar-refractivity contribution in [3.8, 4) is 5.75 Å². The van der Waals surface area contributed by atoms with Gasteiger partial charge in [0.05, 0.1) is 6.20 Å². The van der Waals surface area contributed by atoms with Crippen molar-refractivity contribution >= 4 is 22.3 Å². The van der Waals surface area contributed by atoms with E-state index >= 15 is 0 Å². The molecule has 0 saturated heterocycles. The van der Waals surface area contributed by atoms with Gasteiger partial charge in [0.25, 0.3) is 0 Å². The number of nitrogens with one attached hydrogen (secondary N) is 1. The first-order valence-corrected chi connectivity index (χ1v) is 5.57. The van der Waals surface area contributed by atoms with Gasteiger partial charge in [-0.2, -0.15) is 0 Å². The number of fused-ring (bicyclic) bond motifs is 1. The Morgan fingerprint density at radius 3 is 2.79 bits per heavy atom. The van der Waals surface area contributed by atoms with Crippen molar-refractivity contribution in [2.24, 2.45) is 0 Å². The Labute approximate surface area is 107 Å². The molecule has 2 aromatic carbocycles. The van der Waals surface area contributed by atoms with Gasteiger partial charge < -0.3 is 10.4 Å². The second-order valence-corrected chi connectivity index (χ2v) is 3.93. The highest BCUT2D eigenvalue weighted by atomic mass is 19.1. The number of phenols is 1. The van der Waals surface area contributed by atoms with Crippen molar-refractivity contribution in [2.75, 3.05) is 5.32 Å². The van der Waals surface area contributed by atoms with Gasteiger partial charge >= 0.3 is 0 Å². The maximum absolute atomic E-state index is 14.0. The summed E-state index contributed by atoms with van der Waals surface area (Å²) >= 11 is 0. The zero-order chi connectivity index (χ0) is 13.2. The fourth-order valence-corrected chi connectivity index (χ4v) is 1.85. The molecule has 0 bridgehead atoms. The minimum absolute atomic E-state index is 0.0285. The van der Waals surface area contributed by atoms with Gasteiger partial charge in [0.1, 0.15) is 11.4 Å². The lowest BCUT2D eigenvalue weighted by atomic mass is 10.1. The van der Waals surface area contributed by atoms with E-state index in [4.69, 9.17) is 0 Å². The van der Waals surface area contributed by atoms with Crippen LogP contribution in [0.15, 0.2) is 42.6 Å². The van der Waals surface area contributed by atoms with Crippen molar-refractivity contribution in [3.05, 3.63) is 48.4 Å². The summed E-state index contributed by atoms with van der Waals surface area (Å²) in [5.74, 6) is -0.413. The zero-order valence-corrected chi connectivity index (χ0v) is 9.71. The molecule has 5 nitrogen and oxygen atoms in total. The first kappa shape index (κ1) is 11.3. The van der Waals surface area contributed by atoms with E-state index in [1.807, 2.05) is 0 Å². The van der Waals surface area contributed by atoms with Crippen molar-refractivity contribution in [2.45, 2.75) is 0 Å². The molecule has 2 N–H and O–H groups in total. The lowest BCUT2D eigenvalue weighted by Crippen LogP contribution is -1.99. The number of benzene rings is 2. The molecule has 0 spiro atoms. The van der Waals surface area contributed by atoms with E-state index < -0.39 is 5.82 Å². The summed E-state index contributed by atoms with van der Waals surface area (Å²) in [6.45, 7) is 0. The van der Waals surface area contributed by atoms with E-state index in [9.17, 15) is 9.50 Å². The third kappa shape index (κ3) is 2.03. The fourth-order valence-electron chi connectivity index (χ4n) is 1.85. The van der Waals surface area contributed by atoms with Crippen LogP contribution >= 0.6 is 0 Å². The van der Waals surface area contributed by atoms with Crippen LogP contribution in [0, 0.1) is 5.82 Å². The smallest absolute Gasteiger partial charge is 0.156 e. The molecule has 0 aliphatic heterocycles.